The molecular weight excluding hydrogens is 204 g/mol. The fourth-order valence-electron chi connectivity index (χ4n) is 1.78. The highest BCUT2D eigenvalue weighted by Crippen LogP contribution is 2.30. The van der Waals surface area contributed by atoms with E-state index in [0.29, 0.717) is 12.4 Å². The molecule has 0 saturated heterocycles. The van der Waals surface area contributed by atoms with Gasteiger partial charge >= 0.3 is 0 Å². The molecule has 0 atom stereocenters. The molecule has 0 radical (unpaired) electrons. The molecule has 0 unspecified atom stereocenters. The number of hydrogen-bond acceptors (Lipinski definition) is 4. The van der Waals surface area contributed by atoms with Crippen LogP contribution in [0, 0.1) is 0 Å². The predicted octanol–water partition coefficient (Wildman–Crippen LogP) is 2.02. The summed E-state index contributed by atoms with van der Waals surface area (Å²) < 4.78 is 5.80. The van der Waals surface area contributed by atoms with E-state index in [1.807, 2.05) is 6.92 Å². The number of ether oxygens (including phenoxy) is 1. The molecule has 0 spiro atoms. The largest absolute Gasteiger partial charge is 0.392 e. The molecule has 1 aromatic rings. The Bertz CT molecular complexity index is 307. The number of aromatic nitrogens is 2. The van der Waals surface area contributed by atoms with E-state index < -0.39 is 0 Å². The van der Waals surface area contributed by atoms with Crippen molar-refractivity contribution in [2.24, 2.45) is 0 Å². The SMILES string of the molecule is CCOC(CC)(CC)c1ncc(CO)cn1. The van der Waals surface area contributed by atoms with Crippen LogP contribution in [0.15, 0.2) is 12.4 Å². The van der Waals surface area contributed by atoms with Gasteiger partial charge in [0.1, 0.15) is 5.60 Å². The number of nitrogens with zero attached hydrogens (tertiary/aromatic N) is 2. The molecule has 0 amide bonds. The summed E-state index contributed by atoms with van der Waals surface area (Å²) in [5.74, 6) is 0.705. The van der Waals surface area contributed by atoms with E-state index in [-0.39, 0.29) is 12.2 Å². The van der Waals surface area contributed by atoms with Crippen molar-refractivity contribution in [3.63, 3.8) is 0 Å². The first-order valence-electron chi connectivity index (χ1n) is 5.78. The molecule has 0 aliphatic carbocycles. The zero-order chi connectivity index (χ0) is 12.0. The second-order valence-corrected chi connectivity index (χ2v) is 3.71. The van der Waals surface area contributed by atoms with Crippen LogP contribution in [0.3, 0.4) is 0 Å². The molecule has 16 heavy (non-hydrogen) atoms. The molecule has 0 saturated carbocycles. The summed E-state index contributed by atoms with van der Waals surface area (Å²) in [4.78, 5) is 8.57. The van der Waals surface area contributed by atoms with Gasteiger partial charge in [-0.3, -0.25) is 0 Å². The minimum absolute atomic E-state index is 0.0276. The molecular formula is C12H20N2O2. The van der Waals surface area contributed by atoms with Crippen molar-refractivity contribution in [3.8, 4) is 0 Å². The average Bonchev–Trinajstić information content (AvgIpc) is 2.36. The molecule has 4 heteroatoms. The van der Waals surface area contributed by atoms with Crippen LogP contribution in [0.5, 0.6) is 0 Å². The zero-order valence-corrected chi connectivity index (χ0v) is 10.2. The van der Waals surface area contributed by atoms with Gasteiger partial charge in [-0.1, -0.05) is 13.8 Å². The Morgan fingerprint density at radius 3 is 2.12 bits per heavy atom. The molecule has 1 N–H and O–H groups in total. The lowest BCUT2D eigenvalue weighted by molar-refractivity contribution is -0.0572. The van der Waals surface area contributed by atoms with Crippen LogP contribution < -0.4 is 0 Å². The highest BCUT2D eigenvalue weighted by Gasteiger charge is 2.31. The minimum atomic E-state index is -0.386. The Morgan fingerprint density at radius 2 is 1.75 bits per heavy atom. The first kappa shape index (κ1) is 13.1. The van der Waals surface area contributed by atoms with Crippen LogP contribution >= 0.6 is 0 Å². The number of aliphatic hydroxyl groups is 1. The van der Waals surface area contributed by atoms with Crippen molar-refractivity contribution in [1.82, 2.24) is 9.97 Å². The molecule has 1 aromatic heterocycles. The smallest absolute Gasteiger partial charge is 0.160 e. The van der Waals surface area contributed by atoms with E-state index in [0.717, 1.165) is 18.4 Å². The normalized spacial score (nSPS) is 11.8. The van der Waals surface area contributed by atoms with Gasteiger partial charge in [0, 0.05) is 24.6 Å². The number of aliphatic hydroxyl groups excluding tert-OH is 1. The third kappa shape index (κ3) is 2.57. The van der Waals surface area contributed by atoms with Crippen LogP contribution in [0.25, 0.3) is 0 Å². The Hall–Kier alpha value is -1.00. The van der Waals surface area contributed by atoms with E-state index in [1.54, 1.807) is 12.4 Å². The van der Waals surface area contributed by atoms with E-state index in [1.165, 1.54) is 0 Å². The Kier molecular flexibility index (Phi) is 4.83. The molecule has 0 aliphatic rings. The predicted molar refractivity (Wildman–Crippen MR) is 61.8 cm³/mol. The van der Waals surface area contributed by atoms with Gasteiger partial charge in [-0.25, -0.2) is 9.97 Å². The molecule has 0 aromatic carbocycles. The first-order valence-corrected chi connectivity index (χ1v) is 5.78. The molecule has 90 valence electrons. The lowest BCUT2D eigenvalue weighted by Gasteiger charge is -2.29. The maximum absolute atomic E-state index is 8.94. The average molecular weight is 224 g/mol. The van der Waals surface area contributed by atoms with Crippen molar-refractivity contribution in [1.29, 1.82) is 0 Å². The van der Waals surface area contributed by atoms with Crippen molar-refractivity contribution in [2.75, 3.05) is 6.61 Å². The molecule has 1 rings (SSSR count). The highest BCUT2D eigenvalue weighted by atomic mass is 16.5. The number of hydrogen-bond donors (Lipinski definition) is 1. The van der Waals surface area contributed by atoms with E-state index >= 15 is 0 Å². The van der Waals surface area contributed by atoms with E-state index in [9.17, 15) is 0 Å². The molecule has 0 aliphatic heterocycles. The van der Waals surface area contributed by atoms with Crippen LogP contribution in [0.2, 0.25) is 0 Å². The summed E-state index contributed by atoms with van der Waals surface area (Å²) in [6.45, 7) is 6.74. The lowest BCUT2D eigenvalue weighted by atomic mass is 9.96. The van der Waals surface area contributed by atoms with Crippen molar-refractivity contribution < 1.29 is 9.84 Å². The second kappa shape index (κ2) is 5.92. The maximum atomic E-state index is 8.94. The summed E-state index contributed by atoms with van der Waals surface area (Å²) in [5, 5.41) is 8.94. The summed E-state index contributed by atoms with van der Waals surface area (Å²) in [6.07, 6.45) is 4.99. The molecule has 1 heterocycles. The minimum Gasteiger partial charge on any atom is -0.392 e. The third-order valence-corrected chi connectivity index (χ3v) is 2.86. The fourth-order valence-corrected chi connectivity index (χ4v) is 1.78. The van der Waals surface area contributed by atoms with Crippen LogP contribution in [0.1, 0.15) is 45.0 Å². The van der Waals surface area contributed by atoms with Crippen LogP contribution in [-0.4, -0.2) is 21.7 Å². The van der Waals surface area contributed by atoms with Gasteiger partial charge in [0.25, 0.3) is 0 Å². The van der Waals surface area contributed by atoms with Crippen LogP contribution in [-0.2, 0) is 16.9 Å². The van der Waals surface area contributed by atoms with Gasteiger partial charge in [0.05, 0.1) is 6.61 Å². The Labute approximate surface area is 96.7 Å². The van der Waals surface area contributed by atoms with Crippen molar-refractivity contribution >= 4 is 0 Å². The summed E-state index contributed by atoms with van der Waals surface area (Å²) in [5.41, 5.74) is 0.337. The summed E-state index contributed by atoms with van der Waals surface area (Å²) in [6, 6.07) is 0. The maximum Gasteiger partial charge on any atom is 0.160 e. The van der Waals surface area contributed by atoms with Crippen molar-refractivity contribution in [2.45, 2.75) is 45.8 Å². The molecule has 4 nitrogen and oxygen atoms in total. The van der Waals surface area contributed by atoms with Gasteiger partial charge in [-0.05, 0) is 19.8 Å². The second-order valence-electron chi connectivity index (χ2n) is 3.71. The lowest BCUT2D eigenvalue weighted by Crippen LogP contribution is -2.30. The van der Waals surface area contributed by atoms with Gasteiger partial charge in [0.2, 0.25) is 0 Å². The fraction of sp³-hybridized carbons (Fsp3) is 0.667. The van der Waals surface area contributed by atoms with Gasteiger partial charge < -0.3 is 9.84 Å². The number of rotatable bonds is 6. The topological polar surface area (TPSA) is 55.2 Å². The van der Waals surface area contributed by atoms with Crippen LogP contribution in [0.4, 0.5) is 0 Å². The Morgan fingerprint density at radius 1 is 1.19 bits per heavy atom. The van der Waals surface area contributed by atoms with E-state index in [4.69, 9.17) is 9.84 Å². The zero-order valence-electron chi connectivity index (χ0n) is 10.2. The third-order valence-electron chi connectivity index (χ3n) is 2.86. The summed E-state index contributed by atoms with van der Waals surface area (Å²) in [7, 11) is 0. The van der Waals surface area contributed by atoms with Crippen molar-refractivity contribution in [3.05, 3.63) is 23.8 Å². The monoisotopic (exact) mass is 224 g/mol. The van der Waals surface area contributed by atoms with Gasteiger partial charge in [-0.15, -0.1) is 0 Å². The van der Waals surface area contributed by atoms with Gasteiger partial charge in [0.15, 0.2) is 5.82 Å². The molecule has 0 bridgehead atoms. The molecule has 0 fully saturated rings. The highest BCUT2D eigenvalue weighted by molar-refractivity contribution is 5.08. The quantitative estimate of drug-likeness (QED) is 0.803. The first-order chi connectivity index (χ1) is 7.72. The Balaban J connectivity index is 3.00. The standard InChI is InChI=1S/C12H20N2O2/c1-4-12(5-2,16-6-3)11-13-7-10(9-15)8-14-11/h7-8,15H,4-6,9H2,1-3H3. The van der Waals surface area contributed by atoms with Gasteiger partial charge in [-0.2, -0.15) is 0 Å². The van der Waals surface area contributed by atoms with E-state index in [2.05, 4.69) is 23.8 Å². The summed E-state index contributed by atoms with van der Waals surface area (Å²) >= 11 is 0.